The second kappa shape index (κ2) is 6.60. The molecule has 1 aliphatic heterocycles. The summed E-state index contributed by atoms with van der Waals surface area (Å²) in [6, 6.07) is 8.92. The van der Waals surface area contributed by atoms with Crippen molar-refractivity contribution in [2.24, 2.45) is 0 Å². The van der Waals surface area contributed by atoms with Crippen LogP contribution >= 0.6 is 15.9 Å². The largest absolute Gasteiger partial charge is 0.482 e. The number of anilines is 1. The second-order valence-corrected chi connectivity index (χ2v) is 6.27. The lowest BCUT2D eigenvalue weighted by Crippen LogP contribution is -2.28. The van der Waals surface area contributed by atoms with Gasteiger partial charge in [0, 0.05) is 4.47 Å². The quantitative estimate of drug-likeness (QED) is 0.840. The van der Waals surface area contributed by atoms with Crippen LogP contribution in [0.4, 0.5) is 10.1 Å². The van der Waals surface area contributed by atoms with Crippen molar-refractivity contribution in [3.8, 4) is 5.75 Å². The monoisotopic (exact) mass is 392 g/mol. The first kappa shape index (κ1) is 16.4. The van der Waals surface area contributed by atoms with E-state index in [1.165, 1.54) is 18.2 Å². The molecule has 1 unspecified atom stereocenters. The summed E-state index contributed by atoms with van der Waals surface area (Å²) in [6.07, 6.45) is 0. The summed E-state index contributed by atoms with van der Waals surface area (Å²) in [7, 11) is 0. The highest BCUT2D eigenvalue weighted by Gasteiger charge is 2.19. The molecule has 1 heterocycles. The topological polar surface area (TPSA) is 67.4 Å². The van der Waals surface area contributed by atoms with E-state index in [2.05, 4.69) is 26.6 Å². The Morgan fingerprint density at radius 2 is 2.12 bits per heavy atom. The number of amides is 2. The number of ether oxygens (including phenoxy) is 1. The Labute approximate surface area is 146 Å². The van der Waals surface area contributed by atoms with Crippen LogP contribution in [0.15, 0.2) is 40.9 Å². The number of hydrogen-bond acceptors (Lipinski definition) is 3. The Hall–Kier alpha value is -2.41. The first-order valence-electron chi connectivity index (χ1n) is 7.26. The number of rotatable bonds is 3. The normalized spacial score (nSPS) is 14.2. The zero-order valence-electron chi connectivity index (χ0n) is 12.7. The summed E-state index contributed by atoms with van der Waals surface area (Å²) in [5, 5.41) is 5.58. The molecule has 2 aromatic rings. The lowest BCUT2D eigenvalue weighted by Gasteiger charge is -2.21. The van der Waals surface area contributed by atoms with Gasteiger partial charge >= 0.3 is 0 Å². The van der Waals surface area contributed by atoms with E-state index in [0.29, 0.717) is 21.5 Å². The summed E-state index contributed by atoms with van der Waals surface area (Å²) in [6.45, 7) is 1.82. The highest BCUT2D eigenvalue weighted by Crippen LogP contribution is 2.30. The third-order valence-electron chi connectivity index (χ3n) is 3.66. The summed E-state index contributed by atoms with van der Waals surface area (Å²) < 4.78 is 18.8. The molecule has 2 N–H and O–H groups in total. The molecule has 0 saturated heterocycles. The molecule has 1 atom stereocenters. The van der Waals surface area contributed by atoms with E-state index in [1.54, 1.807) is 12.1 Å². The minimum absolute atomic E-state index is 0.00275. The van der Waals surface area contributed by atoms with Crippen molar-refractivity contribution in [2.45, 2.75) is 13.0 Å². The van der Waals surface area contributed by atoms with Gasteiger partial charge < -0.3 is 15.4 Å². The van der Waals surface area contributed by atoms with Gasteiger partial charge in [-0.05, 0) is 58.7 Å². The van der Waals surface area contributed by atoms with Crippen LogP contribution in [-0.4, -0.2) is 18.4 Å². The minimum Gasteiger partial charge on any atom is -0.482 e. The molecular formula is C17H14BrFN2O3. The van der Waals surface area contributed by atoms with Gasteiger partial charge in [0.05, 0.1) is 17.3 Å². The molecule has 0 fully saturated rings. The first-order valence-corrected chi connectivity index (χ1v) is 8.06. The molecule has 0 saturated carbocycles. The predicted molar refractivity (Wildman–Crippen MR) is 90.5 cm³/mol. The average molecular weight is 393 g/mol. The van der Waals surface area contributed by atoms with Crippen LogP contribution in [0.5, 0.6) is 5.75 Å². The maximum Gasteiger partial charge on any atom is 0.262 e. The Morgan fingerprint density at radius 1 is 1.33 bits per heavy atom. The number of halogens is 2. The molecule has 0 bridgehead atoms. The number of hydrogen-bond donors (Lipinski definition) is 2. The Kier molecular flexibility index (Phi) is 4.53. The van der Waals surface area contributed by atoms with Gasteiger partial charge in [-0.2, -0.15) is 0 Å². The summed E-state index contributed by atoms with van der Waals surface area (Å²) >= 11 is 3.18. The zero-order chi connectivity index (χ0) is 17.3. The van der Waals surface area contributed by atoms with Gasteiger partial charge in [0.1, 0.15) is 11.6 Å². The van der Waals surface area contributed by atoms with E-state index in [4.69, 9.17) is 4.74 Å². The van der Waals surface area contributed by atoms with Crippen LogP contribution in [0.25, 0.3) is 0 Å². The third-order valence-corrected chi connectivity index (χ3v) is 4.32. The van der Waals surface area contributed by atoms with Crippen LogP contribution in [0, 0.1) is 5.82 Å². The molecule has 2 amide bonds. The molecule has 0 aromatic heterocycles. The predicted octanol–water partition coefficient (Wildman–Crippen LogP) is 3.41. The molecule has 2 aromatic carbocycles. The number of fused-ring (bicyclic) bond motifs is 1. The molecule has 0 spiro atoms. The number of carbonyl (C=O) groups excluding carboxylic acids is 2. The highest BCUT2D eigenvalue weighted by molar-refractivity contribution is 9.10. The van der Waals surface area contributed by atoms with Gasteiger partial charge in [-0.25, -0.2) is 4.39 Å². The van der Waals surface area contributed by atoms with Crippen LogP contribution in [0.1, 0.15) is 28.9 Å². The SMILES string of the molecule is CC(NC(=O)c1ccc(F)cc1Br)c1ccc2c(c1)NC(=O)CO2. The molecule has 24 heavy (non-hydrogen) atoms. The third kappa shape index (κ3) is 3.41. The highest BCUT2D eigenvalue weighted by atomic mass is 79.9. The van der Waals surface area contributed by atoms with Crippen molar-refractivity contribution in [3.63, 3.8) is 0 Å². The molecular weight excluding hydrogens is 379 g/mol. The molecule has 7 heteroatoms. The van der Waals surface area contributed by atoms with Gasteiger partial charge in [0.25, 0.3) is 11.8 Å². The number of carbonyl (C=O) groups is 2. The Morgan fingerprint density at radius 3 is 2.88 bits per heavy atom. The van der Waals surface area contributed by atoms with Crippen LogP contribution in [-0.2, 0) is 4.79 Å². The van der Waals surface area contributed by atoms with E-state index >= 15 is 0 Å². The maximum absolute atomic E-state index is 13.1. The average Bonchev–Trinajstić information content (AvgIpc) is 2.53. The fourth-order valence-electron chi connectivity index (χ4n) is 2.40. The van der Waals surface area contributed by atoms with Crippen molar-refractivity contribution in [1.82, 2.24) is 5.32 Å². The van der Waals surface area contributed by atoms with Crippen LogP contribution in [0.2, 0.25) is 0 Å². The van der Waals surface area contributed by atoms with Gasteiger partial charge in [0.2, 0.25) is 0 Å². The fraction of sp³-hybridized carbons (Fsp3) is 0.176. The molecule has 3 rings (SSSR count). The molecule has 0 radical (unpaired) electrons. The van der Waals surface area contributed by atoms with Crippen molar-refractivity contribution >= 4 is 33.4 Å². The Bertz CT molecular complexity index is 825. The van der Waals surface area contributed by atoms with E-state index < -0.39 is 5.82 Å². The van der Waals surface area contributed by atoms with Crippen molar-refractivity contribution in [1.29, 1.82) is 0 Å². The second-order valence-electron chi connectivity index (χ2n) is 5.41. The van der Waals surface area contributed by atoms with Gasteiger partial charge in [-0.15, -0.1) is 0 Å². The zero-order valence-corrected chi connectivity index (χ0v) is 14.3. The lowest BCUT2D eigenvalue weighted by molar-refractivity contribution is -0.118. The first-order chi connectivity index (χ1) is 11.4. The molecule has 0 aliphatic carbocycles. The van der Waals surface area contributed by atoms with E-state index in [0.717, 1.165) is 5.56 Å². The standard InChI is InChI=1S/C17H14BrFN2O3/c1-9(20-17(23)12-4-3-11(19)7-13(12)18)10-2-5-15-14(6-10)21-16(22)8-24-15/h2-7,9H,8H2,1H3,(H,20,23)(H,21,22). The molecule has 124 valence electrons. The van der Waals surface area contributed by atoms with E-state index in [1.807, 2.05) is 13.0 Å². The van der Waals surface area contributed by atoms with Crippen LogP contribution < -0.4 is 15.4 Å². The maximum atomic E-state index is 13.1. The van der Waals surface area contributed by atoms with Gasteiger partial charge in [0.15, 0.2) is 6.61 Å². The molecule has 1 aliphatic rings. The fourth-order valence-corrected chi connectivity index (χ4v) is 2.93. The Balaban J connectivity index is 1.77. The van der Waals surface area contributed by atoms with Crippen molar-refractivity contribution in [2.75, 3.05) is 11.9 Å². The summed E-state index contributed by atoms with van der Waals surface area (Å²) in [5.41, 5.74) is 1.73. The summed E-state index contributed by atoms with van der Waals surface area (Å²) in [4.78, 5) is 23.7. The summed E-state index contributed by atoms with van der Waals surface area (Å²) in [5.74, 6) is -0.367. The lowest BCUT2D eigenvalue weighted by atomic mass is 10.1. The number of nitrogens with one attached hydrogen (secondary N) is 2. The smallest absolute Gasteiger partial charge is 0.262 e. The van der Waals surface area contributed by atoms with Crippen LogP contribution in [0.3, 0.4) is 0 Å². The molecule has 5 nitrogen and oxygen atoms in total. The van der Waals surface area contributed by atoms with E-state index in [9.17, 15) is 14.0 Å². The van der Waals surface area contributed by atoms with Crippen molar-refractivity contribution < 1.29 is 18.7 Å². The number of benzene rings is 2. The van der Waals surface area contributed by atoms with E-state index in [-0.39, 0.29) is 24.5 Å². The van der Waals surface area contributed by atoms with Gasteiger partial charge in [-0.3, -0.25) is 9.59 Å². The van der Waals surface area contributed by atoms with Crippen molar-refractivity contribution in [3.05, 3.63) is 57.8 Å². The van der Waals surface area contributed by atoms with Gasteiger partial charge in [-0.1, -0.05) is 6.07 Å². The minimum atomic E-state index is -0.420.